The zero-order chi connectivity index (χ0) is 12.5. The lowest BCUT2D eigenvalue weighted by Crippen LogP contribution is -2.32. The van der Waals surface area contributed by atoms with Gasteiger partial charge in [0.25, 0.3) is 0 Å². The first-order valence-corrected chi connectivity index (χ1v) is 7.74. The van der Waals surface area contributed by atoms with E-state index in [1.54, 1.807) is 23.1 Å². The molecule has 1 aliphatic carbocycles. The lowest BCUT2D eigenvalue weighted by Gasteiger charge is -2.08. The fraction of sp³-hybridized carbons (Fsp3) is 0.385. The number of rotatable bonds is 4. The van der Waals surface area contributed by atoms with Crippen molar-refractivity contribution in [2.45, 2.75) is 35.4 Å². The Labute approximate surface area is 114 Å². The molecule has 1 N–H and O–H groups in total. The van der Waals surface area contributed by atoms with Gasteiger partial charge in [0.15, 0.2) is 4.34 Å². The molecule has 3 rings (SSSR count). The normalized spacial score (nSPS) is 16.7. The van der Waals surface area contributed by atoms with E-state index in [9.17, 15) is 4.79 Å². The van der Waals surface area contributed by atoms with Gasteiger partial charge in [-0.3, -0.25) is 4.79 Å². The van der Waals surface area contributed by atoms with Crippen molar-refractivity contribution in [2.24, 2.45) is 0 Å². The number of thiazole rings is 1. The van der Waals surface area contributed by atoms with E-state index in [-0.39, 0.29) is 11.2 Å². The minimum Gasteiger partial charge on any atom is -0.352 e. The smallest absolute Gasteiger partial charge is 0.233 e. The first-order chi connectivity index (χ1) is 8.72. The molecule has 1 aromatic carbocycles. The monoisotopic (exact) mass is 278 g/mol. The van der Waals surface area contributed by atoms with Crippen LogP contribution in [0.25, 0.3) is 10.2 Å². The van der Waals surface area contributed by atoms with Crippen molar-refractivity contribution < 1.29 is 4.79 Å². The number of thioether (sulfide) groups is 1. The number of fused-ring (bicyclic) bond motifs is 1. The van der Waals surface area contributed by atoms with Crippen molar-refractivity contribution in [3.05, 3.63) is 24.3 Å². The number of carbonyl (C=O) groups excluding carboxylic acids is 1. The Balaban J connectivity index is 1.68. The summed E-state index contributed by atoms with van der Waals surface area (Å²) in [6.07, 6.45) is 2.26. The van der Waals surface area contributed by atoms with Crippen molar-refractivity contribution in [1.29, 1.82) is 0 Å². The highest BCUT2D eigenvalue weighted by atomic mass is 32.2. The van der Waals surface area contributed by atoms with Gasteiger partial charge in [0.05, 0.1) is 15.5 Å². The van der Waals surface area contributed by atoms with Crippen LogP contribution in [-0.4, -0.2) is 22.2 Å². The van der Waals surface area contributed by atoms with Crippen LogP contribution in [0, 0.1) is 0 Å². The molecule has 0 bridgehead atoms. The molecule has 18 heavy (non-hydrogen) atoms. The molecule has 0 spiro atoms. The number of amides is 1. The Bertz CT molecular complexity index is 544. The predicted octanol–water partition coefficient (Wildman–Crippen LogP) is 3.06. The van der Waals surface area contributed by atoms with Gasteiger partial charge in [-0.15, -0.1) is 11.3 Å². The number of para-hydroxylation sites is 1. The molecule has 1 saturated carbocycles. The van der Waals surface area contributed by atoms with E-state index in [1.807, 2.05) is 25.1 Å². The topological polar surface area (TPSA) is 42.0 Å². The van der Waals surface area contributed by atoms with Crippen LogP contribution in [0.4, 0.5) is 0 Å². The highest BCUT2D eigenvalue weighted by molar-refractivity contribution is 8.02. The fourth-order valence-corrected chi connectivity index (χ4v) is 3.87. The van der Waals surface area contributed by atoms with Crippen molar-refractivity contribution in [3.8, 4) is 0 Å². The van der Waals surface area contributed by atoms with E-state index in [2.05, 4.69) is 16.4 Å². The number of carbonyl (C=O) groups is 1. The molecule has 1 fully saturated rings. The molecule has 3 nitrogen and oxygen atoms in total. The minimum absolute atomic E-state index is 0.0776. The molecule has 0 radical (unpaired) electrons. The van der Waals surface area contributed by atoms with Crippen LogP contribution in [0.5, 0.6) is 0 Å². The van der Waals surface area contributed by atoms with E-state index >= 15 is 0 Å². The summed E-state index contributed by atoms with van der Waals surface area (Å²) in [4.78, 5) is 16.4. The predicted molar refractivity (Wildman–Crippen MR) is 76.1 cm³/mol. The molecule has 0 aliphatic heterocycles. The summed E-state index contributed by atoms with van der Waals surface area (Å²) >= 11 is 3.19. The number of nitrogens with zero attached hydrogens (tertiary/aromatic N) is 1. The van der Waals surface area contributed by atoms with Gasteiger partial charge in [0.1, 0.15) is 0 Å². The third-order valence-electron chi connectivity index (χ3n) is 2.84. The van der Waals surface area contributed by atoms with Gasteiger partial charge in [-0.1, -0.05) is 23.9 Å². The van der Waals surface area contributed by atoms with Crippen LogP contribution in [0.15, 0.2) is 28.6 Å². The SMILES string of the molecule is C[C@@H](Sc1nc2ccccc2s1)C(=O)NC1CC1. The lowest BCUT2D eigenvalue weighted by molar-refractivity contribution is -0.120. The van der Waals surface area contributed by atoms with E-state index in [1.165, 1.54) is 4.70 Å². The van der Waals surface area contributed by atoms with Crippen LogP contribution >= 0.6 is 23.1 Å². The zero-order valence-corrected chi connectivity index (χ0v) is 11.7. The summed E-state index contributed by atoms with van der Waals surface area (Å²) in [6, 6.07) is 8.49. The summed E-state index contributed by atoms with van der Waals surface area (Å²) in [7, 11) is 0. The Morgan fingerprint density at radius 3 is 3.00 bits per heavy atom. The largest absolute Gasteiger partial charge is 0.352 e. The third-order valence-corrected chi connectivity index (χ3v) is 5.08. The molecular formula is C13H14N2OS2. The molecule has 1 aromatic heterocycles. The quantitative estimate of drug-likeness (QED) is 0.874. The lowest BCUT2D eigenvalue weighted by atomic mass is 10.3. The fourth-order valence-electron chi connectivity index (χ4n) is 1.65. The molecule has 0 saturated heterocycles. The second kappa shape index (κ2) is 4.90. The summed E-state index contributed by atoms with van der Waals surface area (Å²) in [6.45, 7) is 1.94. The van der Waals surface area contributed by atoms with Gasteiger partial charge in [0.2, 0.25) is 5.91 Å². The molecule has 1 heterocycles. The average Bonchev–Trinajstić information content (AvgIpc) is 3.07. The summed E-state index contributed by atoms with van der Waals surface area (Å²) in [5.41, 5.74) is 1.01. The molecule has 1 atom stereocenters. The second-order valence-corrected chi connectivity index (χ2v) is 7.11. The van der Waals surface area contributed by atoms with Crippen molar-refractivity contribution in [3.63, 3.8) is 0 Å². The second-order valence-electron chi connectivity index (χ2n) is 4.49. The summed E-state index contributed by atoms with van der Waals surface area (Å²) in [5.74, 6) is 0.127. The van der Waals surface area contributed by atoms with Gasteiger partial charge in [-0.05, 0) is 31.9 Å². The first-order valence-electron chi connectivity index (χ1n) is 6.05. The molecule has 1 amide bonds. The Morgan fingerprint density at radius 2 is 2.28 bits per heavy atom. The van der Waals surface area contributed by atoms with E-state index in [4.69, 9.17) is 0 Å². The maximum Gasteiger partial charge on any atom is 0.233 e. The van der Waals surface area contributed by atoms with Gasteiger partial charge in [-0.25, -0.2) is 4.98 Å². The van der Waals surface area contributed by atoms with Crippen LogP contribution in [0.1, 0.15) is 19.8 Å². The van der Waals surface area contributed by atoms with Crippen LogP contribution < -0.4 is 5.32 Å². The van der Waals surface area contributed by atoms with Gasteiger partial charge in [0, 0.05) is 6.04 Å². The van der Waals surface area contributed by atoms with E-state index in [0.717, 1.165) is 22.7 Å². The van der Waals surface area contributed by atoms with Gasteiger partial charge >= 0.3 is 0 Å². The van der Waals surface area contributed by atoms with Gasteiger partial charge < -0.3 is 5.32 Å². The Morgan fingerprint density at radius 1 is 1.50 bits per heavy atom. The highest BCUT2D eigenvalue weighted by Gasteiger charge is 2.26. The highest BCUT2D eigenvalue weighted by Crippen LogP contribution is 2.32. The van der Waals surface area contributed by atoms with Crippen molar-refractivity contribution >= 4 is 39.2 Å². The maximum atomic E-state index is 11.9. The molecule has 5 heteroatoms. The van der Waals surface area contributed by atoms with E-state index in [0.29, 0.717) is 6.04 Å². The Kier molecular flexibility index (Phi) is 3.26. The zero-order valence-electron chi connectivity index (χ0n) is 10.1. The number of nitrogens with one attached hydrogen (secondary N) is 1. The average molecular weight is 278 g/mol. The molecular weight excluding hydrogens is 264 g/mol. The number of benzene rings is 1. The minimum atomic E-state index is -0.0776. The van der Waals surface area contributed by atoms with Crippen LogP contribution in [0.3, 0.4) is 0 Å². The number of hydrogen-bond acceptors (Lipinski definition) is 4. The van der Waals surface area contributed by atoms with Gasteiger partial charge in [-0.2, -0.15) is 0 Å². The summed E-state index contributed by atoms with van der Waals surface area (Å²) in [5, 5.41) is 2.95. The molecule has 94 valence electrons. The third kappa shape index (κ3) is 2.67. The van der Waals surface area contributed by atoms with Crippen molar-refractivity contribution in [1.82, 2.24) is 10.3 Å². The molecule has 2 aromatic rings. The molecule has 1 aliphatic rings. The van der Waals surface area contributed by atoms with Crippen LogP contribution in [0.2, 0.25) is 0 Å². The van der Waals surface area contributed by atoms with Crippen LogP contribution in [-0.2, 0) is 4.79 Å². The Hall–Kier alpha value is -1.07. The number of aromatic nitrogens is 1. The maximum absolute atomic E-state index is 11.9. The van der Waals surface area contributed by atoms with Crippen molar-refractivity contribution in [2.75, 3.05) is 0 Å². The summed E-state index contributed by atoms with van der Waals surface area (Å²) < 4.78 is 2.14. The first kappa shape index (κ1) is 12.0. The standard InChI is InChI=1S/C13H14N2OS2/c1-8(12(16)14-9-6-7-9)17-13-15-10-4-2-3-5-11(10)18-13/h2-5,8-9H,6-7H2,1H3,(H,14,16)/t8-/m1/s1. The number of hydrogen-bond donors (Lipinski definition) is 1. The van der Waals surface area contributed by atoms with E-state index < -0.39 is 0 Å². The molecule has 0 unspecified atom stereocenters.